The summed E-state index contributed by atoms with van der Waals surface area (Å²) in [5, 5.41) is 8.14. The third-order valence-corrected chi connectivity index (χ3v) is 3.91. The molecule has 0 fully saturated rings. The molecule has 3 aromatic rings. The van der Waals surface area contributed by atoms with Gasteiger partial charge in [0.1, 0.15) is 0 Å². The SMILES string of the molecule is CC(NC(=O)c1ccc2[nH]ccc2c1)c1ccsc1. The summed E-state index contributed by atoms with van der Waals surface area (Å²) >= 11 is 1.64. The van der Waals surface area contributed by atoms with Gasteiger partial charge >= 0.3 is 0 Å². The van der Waals surface area contributed by atoms with Gasteiger partial charge in [-0.05, 0) is 53.6 Å². The van der Waals surface area contributed by atoms with E-state index in [1.54, 1.807) is 11.3 Å². The fraction of sp³-hybridized carbons (Fsp3) is 0.133. The highest BCUT2D eigenvalue weighted by molar-refractivity contribution is 7.07. The van der Waals surface area contributed by atoms with Crippen molar-refractivity contribution in [2.24, 2.45) is 0 Å². The molecule has 96 valence electrons. The molecule has 1 atom stereocenters. The first-order valence-electron chi connectivity index (χ1n) is 6.14. The number of carbonyl (C=O) groups is 1. The maximum absolute atomic E-state index is 12.2. The first-order chi connectivity index (χ1) is 9.24. The second-order valence-corrected chi connectivity index (χ2v) is 5.31. The number of nitrogens with one attached hydrogen (secondary N) is 2. The second-order valence-electron chi connectivity index (χ2n) is 4.53. The van der Waals surface area contributed by atoms with Crippen LogP contribution in [0.5, 0.6) is 0 Å². The third-order valence-electron chi connectivity index (χ3n) is 3.21. The van der Waals surface area contributed by atoms with Gasteiger partial charge in [0.15, 0.2) is 0 Å². The zero-order valence-corrected chi connectivity index (χ0v) is 11.3. The normalized spacial score (nSPS) is 12.5. The summed E-state index contributed by atoms with van der Waals surface area (Å²) < 4.78 is 0. The van der Waals surface area contributed by atoms with Gasteiger partial charge in [0.25, 0.3) is 5.91 Å². The number of H-pyrrole nitrogens is 1. The number of hydrogen-bond acceptors (Lipinski definition) is 2. The quantitative estimate of drug-likeness (QED) is 0.748. The number of aromatic nitrogens is 1. The van der Waals surface area contributed by atoms with Crippen molar-refractivity contribution < 1.29 is 4.79 Å². The van der Waals surface area contributed by atoms with Gasteiger partial charge in [0, 0.05) is 22.7 Å². The zero-order valence-electron chi connectivity index (χ0n) is 10.5. The number of amides is 1. The molecule has 0 saturated carbocycles. The summed E-state index contributed by atoms with van der Waals surface area (Å²) in [5.74, 6) is -0.0400. The number of rotatable bonds is 3. The highest BCUT2D eigenvalue weighted by Gasteiger charge is 2.12. The van der Waals surface area contributed by atoms with Crippen molar-refractivity contribution in [1.82, 2.24) is 10.3 Å². The number of carbonyl (C=O) groups excluding carboxylic acids is 1. The molecule has 1 unspecified atom stereocenters. The smallest absolute Gasteiger partial charge is 0.251 e. The van der Waals surface area contributed by atoms with E-state index in [0.29, 0.717) is 5.56 Å². The van der Waals surface area contributed by atoms with Crippen LogP contribution in [0, 0.1) is 0 Å². The predicted octanol–water partition coefficient (Wildman–Crippen LogP) is 3.72. The fourth-order valence-electron chi connectivity index (χ4n) is 2.08. The molecule has 0 spiro atoms. The molecule has 2 N–H and O–H groups in total. The Morgan fingerprint density at radius 3 is 3.00 bits per heavy atom. The van der Waals surface area contributed by atoms with Crippen molar-refractivity contribution in [2.45, 2.75) is 13.0 Å². The minimum absolute atomic E-state index is 0.0284. The molecule has 0 radical (unpaired) electrons. The lowest BCUT2D eigenvalue weighted by Crippen LogP contribution is -2.26. The van der Waals surface area contributed by atoms with Crippen LogP contribution in [0.2, 0.25) is 0 Å². The largest absolute Gasteiger partial charge is 0.361 e. The summed E-state index contributed by atoms with van der Waals surface area (Å²) in [4.78, 5) is 15.3. The Bertz CT molecular complexity index is 700. The van der Waals surface area contributed by atoms with Crippen LogP contribution >= 0.6 is 11.3 Å². The highest BCUT2D eigenvalue weighted by Crippen LogP contribution is 2.18. The van der Waals surface area contributed by atoms with Crippen molar-refractivity contribution in [1.29, 1.82) is 0 Å². The van der Waals surface area contributed by atoms with Crippen LogP contribution in [0.1, 0.15) is 28.9 Å². The lowest BCUT2D eigenvalue weighted by molar-refractivity contribution is 0.0940. The minimum atomic E-state index is -0.0400. The Kier molecular flexibility index (Phi) is 3.09. The van der Waals surface area contributed by atoms with Crippen LogP contribution in [0.3, 0.4) is 0 Å². The Hall–Kier alpha value is -2.07. The topological polar surface area (TPSA) is 44.9 Å². The molecule has 3 nitrogen and oxygen atoms in total. The molecule has 0 saturated heterocycles. The Labute approximate surface area is 115 Å². The van der Waals surface area contributed by atoms with E-state index in [4.69, 9.17) is 0 Å². The average molecular weight is 270 g/mol. The highest BCUT2D eigenvalue weighted by atomic mass is 32.1. The number of benzene rings is 1. The standard InChI is InChI=1S/C15H14N2OS/c1-10(13-5-7-19-9-13)17-15(18)12-2-3-14-11(8-12)4-6-16-14/h2-10,16H,1H3,(H,17,18). The van der Waals surface area contributed by atoms with Crippen LogP contribution in [-0.4, -0.2) is 10.9 Å². The Balaban J connectivity index is 1.79. The molecule has 3 rings (SSSR count). The van der Waals surface area contributed by atoms with E-state index in [-0.39, 0.29) is 11.9 Å². The molecule has 1 aromatic carbocycles. The predicted molar refractivity (Wildman–Crippen MR) is 78.5 cm³/mol. The van der Waals surface area contributed by atoms with Crippen LogP contribution in [0.25, 0.3) is 10.9 Å². The average Bonchev–Trinajstić information content (AvgIpc) is 3.09. The van der Waals surface area contributed by atoms with E-state index < -0.39 is 0 Å². The van der Waals surface area contributed by atoms with Crippen molar-refractivity contribution in [3.63, 3.8) is 0 Å². The van der Waals surface area contributed by atoms with Crippen molar-refractivity contribution in [2.75, 3.05) is 0 Å². The van der Waals surface area contributed by atoms with Gasteiger partial charge < -0.3 is 10.3 Å². The van der Waals surface area contributed by atoms with Crippen LogP contribution in [0.15, 0.2) is 47.3 Å². The third kappa shape index (κ3) is 2.39. The molecular formula is C15H14N2OS. The van der Waals surface area contributed by atoms with Crippen molar-refractivity contribution in [3.8, 4) is 0 Å². The van der Waals surface area contributed by atoms with Crippen LogP contribution < -0.4 is 5.32 Å². The number of hydrogen-bond donors (Lipinski definition) is 2. The molecular weight excluding hydrogens is 256 g/mol. The van der Waals surface area contributed by atoms with E-state index in [1.807, 2.05) is 48.8 Å². The fourth-order valence-corrected chi connectivity index (χ4v) is 2.83. The zero-order chi connectivity index (χ0) is 13.2. The molecule has 0 aliphatic carbocycles. The molecule has 0 aliphatic heterocycles. The van der Waals surface area contributed by atoms with Crippen LogP contribution in [0.4, 0.5) is 0 Å². The molecule has 0 bridgehead atoms. The van der Waals surface area contributed by atoms with Gasteiger partial charge in [-0.3, -0.25) is 4.79 Å². The van der Waals surface area contributed by atoms with Crippen molar-refractivity contribution >= 4 is 28.1 Å². The summed E-state index contributed by atoms with van der Waals surface area (Å²) in [5.41, 5.74) is 2.87. The van der Waals surface area contributed by atoms with E-state index in [0.717, 1.165) is 16.5 Å². The van der Waals surface area contributed by atoms with Gasteiger partial charge in [0.05, 0.1) is 6.04 Å². The number of aromatic amines is 1. The molecule has 0 aliphatic rings. The maximum Gasteiger partial charge on any atom is 0.251 e. The first kappa shape index (κ1) is 12.0. The lowest BCUT2D eigenvalue weighted by atomic mass is 10.1. The van der Waals surface area contributed by atoms with E-state index in [2.05, 4.69) is 15.7 Å². The van der Waals surface area contributed by atoms with Crippen molar-refractivity contribution in [3.05, 3.63) is 58.4 Å². The summed E-state index contributed by atoms with van der Waals surface area (Å²) in [6, 6.07) is 9.70. The van der Waals surface area contributed by atoms with Gasteiger partial charge in [-0.1, -0.05) is 0 Å². The first-order valence-corrected chi connectivity index (χ1v) is 7.08. The molecule has 1 amide bonds. The van der Waals surface area contributed by atoms with E-state index in [1.165, 1.54) is 0 Å². The number of thiophene rings is 1. The Morgan fingerprint density at radius 1 is 1.32 bits per heavy atom. The van der Waals surface area contributed by atoms with E-state index >= 15 is 0 Å². The maximum atomic E-state index is 12.2. The second kappa shape index (κ2) is 4.90. The molecule has 2 heterocycles. The van der Waals surface area contributed by atoms with E-state index in [9.17, 15) is 4.79 Å². The van der Waals surface area contributed by atoms with Gasteiger partial charge in [0.2, 0.25) is 0 Å². The summed E-state index contributed by atoms with van der Waals surface area (Å²) in [6.45, 7) is 1.99. The van der Waals surface area contributed by atoms with Gasteiger partial charge in [-0.15, -0.1) is 0 Å². The molecule has 4 heteroatoms. The molecule has 2 aromatic heterocycles. The van der Waals surface area contributed by atoms with Gasteiger partial charge in [-0.2, -0.15) is 11.3 Å². The Morgan fingerprint density at radius 2 is 2.21 bits per heavy atom. The number of fused-ring (bicyclic) bond motifs is 1. The minimum Gasteiger partial charge on any atom is -0.361 e. The van der Waals surface area contributed by atoms with Gasteiger partial charge in [-0.25, -0.2) is 0 Å². The summed E-state index contributed by atoms with van der Waals surface area (Å²) in [6.07, 6.45) is 1.88. The lowest BCUT2D eigenvalue weighted by Gasteiger charge is -2.12. The van der Waals surface area contributed by atoms with Crippen LogP contribution in [-0.2, 0) is 0 Å². The summed E-state index contributed by atoms with van der Waals surface area (Å²) in [7, 11) is 0. The molecule has 19 heavy (non-hydrogen) atoms. The monoisotopic (exact) mass is 270 g/mol.